The second kappa shape index (κ2) is 7.92. The van der Waals surface area contributed by atoms with Crippen molar-refractivity contribution in [2.24, 2.45) is 0 Å². The van der Waals surface area contributed by atoms with Crippen LogP contribution in [0.3, 0.4) is 0 Å². The maximum atomic E-state index is 5.53. The van der Waals surface area contributed by atoms with Crippen molar-refractivity contribution < 1.29 is 4.74 Å². The Morgan fingerprint density at radius 3 is 2.43 bits per heavy atom. The summed E-state index contributed by atoms with van der Waals surface area (Å²) in [5.74, 6) is 1.54. The molecule has 0 fully saturated rings. The fourth-order valence-electron chi connectivity index (χ4n) is 1.04. The topological polar surface area (TPSA) is 21.3 Å². The molecule has 0 bridgehead atoms. The molecular weight excluding hydrogens is 221 g/mol. The third kappa shape index (κ3) is 4.70. The number of hydrogen-bond donors (Lipinski definition) is 1. The molecule has 14 heavy (non-hydrogen) atoms. The first-order chi connectivity index (χ1) is 6.36. The van der Waals surface area contributed by atoms with Gasteiger partial charge in [0, 0.05) is 19.0 Å². The molecule has 0 radical (unpaired) electrons. The van der Waals surface area contributed by atoms with Crippen LogP contribution >= 0.6 is 24.0 Å². The Morgan fingerprint density at radius 2 is 1.93 bits per heavy atom. The summed E-state index contributed by atoms with van der Waals surface area (Å²) in [6, 6.07) is 8.00. The first-order valence-corrected chi connectivity index (χ1v) is 4.80. The molecule has 0 amide bonds. The van der Waals surface area contributed by atoms with E-state index in [1.165, 1.54) is 5.56 Å². The van der Waals surface area contributed by atoms with Gasteiger partial charge in [-0.3, -0.25) is 0 Å². The van der Waals surface area contributed by atoms with Gasteiger partial charge in [-0.05, 0) is 17.7 Å². The second-order valence-electron chi connectivity index (χ2n) is 2.71. The molecule has 0 heterocycles. The van der Waals surface area contributed by atoms with Crippen LogP contribution in [0.5, 0.6) is 5.75 Å². The van der Waals surface area contributed by atoms with E-state index in [2.05, 4.69) is 5.32 Å². The van der Waals surface area contributed by atoms with Crippen molar-refractivity contribution >= 4 is 24.0 Å². The van der Waals surface area contributed by atoms with Gasteiger partial charge in [0.25, 0.3) is 0 Å². The molecule has 0 aliphatic rings. The molecule has 0 aromatic heterocycles. The summed E-state index contributed by atoms with van der Waals surface area (Å²) >= 11 is 5.53. The van der Waals surface area contributed by atoms with E-state index in [4.69, 9.17) is 16.3 Å². The number of ether oxygens (including phenoxy) is 1. The van der Waals surface area contributed by atoms with Gasteiger partial charge in [0.05, 0.1) is 7.11 Å². The van der Waals surface area contributed by atoms with Crippen LogP contribution in [-0.4, -0.2) is 19.5 Å². The van der Waals surface area contributed by atoms with Gasteiger partial charge < -0.3 is 10.1 Å². The molecule has 0 saturated carbocycles. The Morgan fingerprint density at radius 1 is 1.29 bits per heavy atom. The number of nitrogens with one attached hydrogen (secondary N) is 1. The molecule has 0 aliphatic carbocycles. The molecular formula is C10H15Cl2NO. The fraction of sp³-hybridized carbons (Fsp3) is 0.400. The summed E-state index contributed by atoms with van der Waals surface area (Å²) in [5.41, 5.74) is 1.24. The molecule has 1 aromatic carbocycles. The first kappa shape index (κ1) is 13.6. The molecule has 1 N–H and O–H groups in total. The minimum atomic E-state index is 0. The van der Waals surface area contributed by atoms with E-state index in [0.717, 1.165) is 18.8 Å². The smallest absolute Gasteiger partial charge is 0.118 e. The van der Waals surface area contributed by atoms with E-state index in [9.17, 15) is 0 Å². The summed E-state index contributed by atoms with van der Waals surface area (Å²) in [6.07, 6.45) is 0. The van der Waals surface area contributed by atoms with Gasteiger partial charge in [0.1, 0.15) is 5.75 Å². The summed E-state index contributed by atoms with van der Waals surface area (Å²) in [7, 11) is 1.67. The van der Waals surface area contributed by atoms with Crippen LogP contribution in [0.1, 0.15) is 5.56 Å². The number of methoxy groups -OCH3 is 1. The second-order valence-corrected chi connectivity index (χ2v) is 3.09. The lowest BCUT2D eigenvalue weighted by molar-refractivity contribution is 0.414. The number of hydrogen-bond acceptors (Lipinski definition) is 2. The molecule has 2 nitrogen and oxygen atoms in total. The number of benzene rings is 1. The van der Waals surface area contributed by atoms with Crippen molar-refractivity contribution in [3.8, 4) is 5.75 Å². The van der Waals surface area contributed by atoms with E-state index < -0.39 is 0 Å². The largest absolute Gasteiger partial charge is 0.497 e. The fourth-order valence-corrected chi connectivity index (χ4v) is 1.18. The molecule has 0 atom stereocenters. The highest BCUT2D eigenvalue weighted by Gasteiger charge is 1.92. The molecule has 4 heteroatoms. The normalized spacial score (nSPS) is 9.29. The SMILES string of the molecule is COc1ccc(CNCCCl)cc1.Cl. The average Bonchev–Trinajstić information content (AvgIpc) is 2.19. The number of halogens is 2. The van der Waals surface area contributed by atoms with E-state index in [-0.39, 0.29) is 12.4 Å². The van der Waals surface area contributed by atoms with Crippen LogP contribution in [0.25, 0.3) is 0 Å². The maximum Gasteiger partial charge on any atom is 0.118 e. The van der Waals surface area contributed by atoms with Gasteiger partial charge in [-0.15, -0.1) is 24.0 Å². The van der Waals surface area contributed by atoms with Crippen LogP contribution in [-0.2, 0) is 6.54 Å². The lowest BCUT2D eigenvalue weighted by Gasteiger charge is -2.03. The van der Waals surface area contributed by atoms with Crippen molar-refractivity contribution in [3.05, 3.63) is 29.8 Å². The Labute approximate surface area is 96.0 Å². The van der Waals surface area contributed by atoms with Gasteiger partial charge in [0.15, 0.2) is 0 Å². The van der Waals surface area contributed by atoms with Crippen molar-refractivity contribution in [1.82, 2.24) is 5.32 Å². The van der Waals surface area contributed by atoms with Gasteiger partial charge >= 0.3 is 0 Å². The lowest BCUT2D eigenvalue weighted by atomic mass is 10.2. The van der Waals surface area contributed by atoms with Crippen LogP contribution < -0.4 is 10.1 Å². The third-order valence-electron chi connectivity index (χ3n) is 1.76. The van der Waals surface area contributed by atoms with E-state index in [1.807, 2.05) is 24.3 Å². The Bertz CT molecular complexity index is 238. The maximum absolute atomic E-state index is 5.53. The van der Waals surface area contributed by atoms with Crippen LogP contribution in [0.15, 0.2) is 24.3 Å². The molecule has 1 rings (SSSR count). The zero-order valence-electron chi connectivity index (χ0n) is 8.13. The molecule has 0 aliphatic heterocycles. The van der Waals surface area contributed by atoms with Crippen LogP contribution in [0, 0.1) is 0 Å². The first-order valence-electron chi connectivity index (χ1n) is 4.26. The van der Waals surface area contributed by atoms with Crippen molar-refractivity contribution in [2.45, 2.75) is 6.54 Å². The molecule has 0 unspecified atom stereocenters. The predicted molar refractivity (Wildman–Crippen MR) is 62.7 cm³/mol. The van der Waals surface area contributed by atoms with Crippen LogP contribution in [0.2, 0.25) is 0 Å². The van der Waals surface area contributed by atoms with E-state index >= 15 is 0 Å². The summed E-state index contributed by atoms with van der Waals surface area (Å²) in [4.78, 5) is 0. The van der Waals surface area contributed by atoms with Gasteiger partial charge in [-0.1, -0.05) is 12.1 Å². The molecule has 0 spiro atoms. The monoisotopic (exact) mass is 235 g/mol. The summed E-state index contributed by atoms with van der Waals surface area (Å²) in [5, 5.41) is 3.22. The predicted octanol–water partition coefficient (Wildman–Crippen LogP) is 2.45. The zero-order chi connectivity index (χ0) is 9.52. The zero-order valence-corrected chi connectivity index (χ0v) is 9.70. The summed E-state index contributed by atoms with van der Waals surface area (Å²) < 4.78 is 5.05. The quantitative estimate of drug-likeness (QED) is 0.626. The highest BCUT2D eigenvalue weighted by Crippen LogP contribution is 2.10. The lowest BCUT2D eigenvalue weighted by Crippen LogP contribution is -2.15. The average molecular weight is 236 g/mol. The van der Waals surface area contributed by atoms with Crippen molar-refractivity contribution in [3.63, 3.8) is 0 Å². The van der Waals surface area contributed by atoms with Crippen molar-refractivity contribution in [1.29, 1.82) is 0 Å². The van der Waals surface area contributed by atoms with E-state index in [1.54, 1.807) is 7.11 Å². The Kier molecular flexibility index (Phi) is 7.67. The van der Waals surface area contributed by atoms with Gasteiger partial charge in [-0.2, -0.15) is 0 Å². The van der Waals surface area contributed by atoms with Gasteiger partial charge in [0.2, 0.25) is 0 Å². The molecule has 1 aromatic rings. The Hall–Kier alpha value is -0.440. The highest BCUT2D eigenvalue weighted by molar-refractivity contribution is 6.18. The molecule has 80 valence electrons. The third-order valence-corrected chi connectivity index (χ3v) is 1.95. The number of rotatable bonds is 5. The van der Waals surface area contributed by atoms with Crippen LogP contribution in [0.4, 0.5) is 0 Å². The minimum absolute atomic E-state index is 0. The van der Waals surface area contributed by atoms with E-state index in [0.29, 0.717) is 5.88 Å². The summed E-state index contributed by atoms with van der Waals surface area (Å²) in [6.45, 7) is 1.70. The minimum Gasteiger partial charge on any atom is -0.497 e. The number of alkyl halides is 1. The van der Waals surface area contributed by atoms with Crippen molar-refractivity contribution in [2.75, 3.05) is 19.5 Å². The Balaban J connectivity index is 0.00000169. The van der Waals surface area contributed by atoms with Gasteiger partial charge in [-0.25, -0.2) is 0 Å². The highest BCUT2D eigenvalue weighted by atomic mass is 35.5. The standard InChI is InChI=1S/C10H14ClNO.ClH/c1-13-10-4-2-9(3-5-10)8-12-7-6-11;/h2-5,12H,6-8H2,1H3;1H. The molecule has 0 saturated heterocycles.